The van der Waals surface area contributed by atoms with Gasteiger partial charge in [-0.3, -0.25) is 4.90 Å². The monoisotopic (exact) mass is 314 g/mol. The van der Waals surface area contributed by atoms with Crippen molar-refractivity contribution >= 4 is 0 Å². The lowest BCUT2D eigenvalue weighted by Gasteiger charge is -2.24. The van der Waals surface area contributed by atoms with Crippen LogP contribution in [0, 0.1) is 6.92 Å². The molecule has 0 atom stereocenters. The molecule has 1 aliphatic heterocycles. The summed E-state index contributed by atoms with van der Waals surface area (Å²) >= 11 is 0. The van der Waals surface area contributed by atoms with Crippen molar-refractivity contribution in [1.82, 2.24) is 19.8 Å². The Morgan fingerprint density at radius 1 is 1.22 bits per heavy atom. The van der Waals surface area contributed by atoms with Crippen molar-refractivity contribution in [3.05, 3.63) is 47.0 Å². The first-order chi connectivity index (χ1) is 11.1. The van der Waals surface area contributed by atoms with E-state index in [-0.39, 0.29) is 0 Å². The molecule has 1 aromatic carbocycles. The smallest absolute Gasteiger partial charge is 0.122 e. The molecule has 2 aromatic rings. The number of nitrogens with one attached hydrogen (secondary N) is 1. The maximum absolute atomic E-state index is 5.60. The number of imidazole rings is 1. The Balaban J connectivity index is 1.71. The third-order valence-corrected chi connectivity index (χ3v) is 4.33. The quantitative estimate of drug-likeness (QED) is 0.851. The summed E-state index contributed by atoms with van der Waals surface area (Å²) in [6.07, 6.45) is 2.81. The zero-order chi connectivity index (χ0) is 16.2. The predicted molar refractivity (Wildman–Crippen MR) is 91.6 cm³/mol. The molecule has 1 aliphatic rings. The van der Waals surface area contributed by atoms with Crippen LogP contribution in [-0.4, -0.2) is 53.6 Å². The minimum absolute atomic E-state index is 0.815. The molecule has 1 N–H and O–H groups in total. The van der Waals surface area contributed by atoms with E-state index in [1.165, 1.54) is 11.1 Å². The summed E-state index contributed by atoms with van der Waals surface area (Å²) in [5.41, 5.74) is 4.97. The Hall–Kier alpha value is -1.85. The van der Waals surface area contributed by atoms with Gasteiger partial charge >= 0.3 is 0 Å². The van der Waals surface area contributed by atoms with E-state index < -0.39 is 0 Å². The van der Waals surface area contributed by atoms with Crippen molar-refractivity contribution in [2.24, 2.45) is 0 Å². The number of hydrogen-bond donors (Lipinski definition) is 1. The van der Waals surface area contributed by atoms with Crippen LogP contribution in [0.4, 0.5) is 0 Å². The van der Waals surface area contributed by atoms with Crippen molar-refractivity contribution in [3.63, 3.8) is 0 Å². The average Bonchev–Trinajstić information content (AvgIpc) is 3.13. The third kappa shape index (κ3) is 4.12. The van der Waals surface area contributed by atoms with E-state index in [0.29, 0.717) is 0 Å². The number of hydrogen-bond acceptors (Lipinski definition) is 4. The summed E-state index contributed by atoms with van der Waals surface area (Å²) in [7, 11) is 4.23. The van der Waals surface area contributed by atoms with Gasteiger partial charge < -0.3 is 14.6 Å². The Kier molecular flexibility index (Phi) is 4.98. The van der Waals surface area contributed by atoms with Crippen LogP contribution in [-0.2, 0) is 19.5 Å². The van der Waals surface area contributed by atoms with Gasteiger partial charge in [-0.1, -0.05) is 12.1 Å². The lowest BCUT2D eigenvalue weighted by atomic mass is 10.1. The van der Waals surface area contributed by atoms with Gasteiger partial charge in [-0.15, -0.1) is 0 Å². The molecule has 0 unspecified atom stereocenters. The van der Waals surface area contributed by atoms with Gasteiger partial charge in [0, 0.05) is 38.3 Å². The number of aromatic amines is 1. The van der Waals surface area contributed by atoms with Crippen molar-refractivity contribution in [2.75, 3.05) is 33.8 Å². The van der Waals surface area contributed by atoms with Crippen LogP contribution in [0.25, 0.3) is 0 Å². The summed E-state index contributed by atoms with van der Waals surface area (Å²) in [6, 6.07) is 6.59. The minimum atomic E-state index is 0.815. The predicted octanol–water partition coefficient (Wildman–Crippen LogP) is 2.22. The maximum atomic E-state index is 5.60. The average molecular weight is 314 g/mol. The standard InChI is InChI=1S/C18H26N4O/c1-14-17(20-13-19-14)12-22(8-7-21(2)3)11-15-4-5-18-16(10-15)6-9-23-18/h4-5,10,13H,6-9,11-12H2,1-3H3,(H,19,20). The Morgan fingerprint density at radius 3 is 2.83 bits per heavy atom. The first-order valence-corrected chi connectivity index (χ1v) is 8.22. The molecule has 0 amide bonds. The molecule has 0 bridgehead atoms. The van der Waals surface area contributed by atoms with Gasteiger partial charge in [-0.25, -0.2) is 4.98 Å². The topological polar surface area (TPSA) is 44.4 Å². The van der Waals surface area contributed by atoms with Gasteiger partial charge in [0.2, 0.25) is 0 Å². The Labute approximate surface area is 138 Å². The number of aromatic nitrogens is 2. The van der Waals surface area contributed by atoms with Gasteiger partial charge in [0.05, 0.1) is 18.6 Å². The summed E-state index contributed by atoms with van der Waals surface area (Å²) < 4.78 is 5.60. The first kappa shape index (κ1) is 16.0. The second-order valence-electron chi connectivity index (χ2n) is 6.53. The molecule has 0 fully saturated rings. The molecule has 1 aromatic heterocycles. The van der Waals surface area contributed by atoms with Crippen LogP contribution in [0.15, 0.2) is 24.5 Å². The molecule has 0 saturated heterocycles. The maximum Gasteiger partial charge on any atom is 0.122 e. The van der Waals surface area contributed by atoms with Gasteiger partial charge in [-0.2, -0.15) is 0 Å². The van der Waals surface area contributed by atoms with Crippen molar-refractivity contribution in [3.8, 4) is 5.75 Å². The highest BCUT2D eigenvalue weighted by molar-refractivity contribution is 5.39. The number of fused-ring (bicyclic) bond motifs is 1. The Morgan fingerprint density at radius 2 is 2.09 bits per heavy atom. The van der Waals surface area contributed by atoms with Gasteiger partial charge in [0.1, 0.15) is 5.75 Å². The number of aryl methyl sites for hydroxylation is 1. The van der Waals surface area contributed by atoms with Gasteiger partial charge in [0.15, 0.2) is 0 Å². The van der Waals surface area contributed by atoms with Crippen LogP contribution in [0.1, 0.15) is 22.5 Å². The second-order valence-corrected chi connectivity index (χ2v) is 6.53. The lowest BCUT2D eigenvalue weighted by molar-refractivity contribution is 0.224. The summed E-state index contributed by atoms with van der Waals surface area (Å²) in [5, 5.41) is 0. The largest absolute Gasteiger partial charge is 0.493 e. The molecule has 124 valence electrons. The van der Waals surface area contributed by atoms with Gasteiger partial charge in [-0.05, 0) is 38.2 Å². The normalized spacial score (nSPS) is 13.6. The summed E-state index contributed by atoms with van der Waals surface area (Å²) in [6.45, 7) is 6.77. The molecule has 23 heavy (non-hydrogen) atoms. The fraction of sp³-hybridized carbons (Fsp3) is 0.500. The van der Waals surface area contributed by atoms with Gasteiger partial charge in [0.25, 0.3) is 0 Å². The van der Waals surface area contributed by atoms with Crippen molar-refractivity contribution in [1.29, 1.82) is 0 Å². The molecule has 5 heteroatoms. The minimum Gasteiger partial charge on any atom is -0.493 e. The van der Waals surface area contributed by atoms with E-state index in [0.717, 1.165) is 56.3 Å². The van der Waals surface area contributed by atoms with E-state index in [4.69, 9.17) is 4.74 Å². The van der Waals surface area contributed by atoms with Crippen LogP contribution in [0.3, 0.4) is 0 Å². The summed E-state index contributed by atoms with van der Waals surface area (Å²) in [4.78, 5) is 12.3. The van der Waals surface area contributed by atoms with Crippen LogP contribution >= 0.6 is 0 Å². The molecule has 0 radical (unpaired) electrons. The molecular weight excluding hydrogens is 288 g/mol. The van der Waals surface area contributed by atoms with Crippen LogP contribution in [0.5, 0.6) is 5.75 Å². The molecule has 3 rings (SSSR count). The van der Waals surface area contributed by atoms with Crippen LogP contribution < -0.4 is 4.74 Å². The number of ether oxygens (including phenoxy) is 1. The molecule has 0 saturated carbocycles. The van der Waals surface area contributed by atoms with E-state index >= 15 is 0 Å². The third-order valence-electron chi connectivity index (χ3n) is 4.33. The fourth-order valence-electron chi connectivity index (χ4n) is 2.91. The fourth-order valence-corrected chi connectivity index (χ4v) is 2.91. The molecule has 2 heterocycles. The Bertz CT molecular complexity index is 650. The number of benzene rings is 1. The number of H-pyrrole nitrogens is 1. The van der Waals surface area contributed by atoms with E-state index in [1.54, 1.807) is 6.33 Å². The second kappa shape index (κ2) is 7.15. The molecule has 0 spiro atoms. The SMILES string of the molecule is Cc1[nH]cnc1CN(CCN(C)C)Cc1ccc2c(c1)CCO2. The number of nitrogens with zero attached hydrogens (tertiary/aromatic N) is 3. The molecule has 0 aliphatic carbocycles. The molecule has 5 nitrogen and oxygen atoms in total. The van der Waals surface area contributed by atoms with Crippen molar-refractivity contribution in [2.45, 2.75) is 26.4 Å². The highest BCUT2D eigenvalue weighted by atomic mass is 16.5. The molecular formula is C18H26N4O. The van der Waals surface area contributed by atoms with Crippen LogP contribution in [0.2, 0.25) is 0 Å². The zero-order valence-corrected chi connectivity index (χ0v) is 14.3. The zero-order valence-electron chi connectivity index (χ0n) is 14.3. The lowest BCUT2D eigenvalue weighted by Crippen LogP contribution is -2.31. The highest BCUT2D eigenvalue weighted by Gasteiger charge is 2.15. The summed E-state index contributed by atoms with van der Waals surface area (Å²) in [5.74, 6) is 1.05. The van der Waals surface area contributed by atoms with E-state index in [2.05, 4.69) is 59.0 Å². The first-order valence-electron chi connectivity index (χ1n) is 8.22. The number of likely N-dealkylation sites (N-methyl/N-ethyl adjacent to an activating group) is 1. The highest BCUT2D eigenvalue weighted by Crippen LogP contribution is 2.26. The number of rotatable bonds is 7. The van der Waals surface area contributed by atoms with Crippen molar-refractivity contribution < 1.29 is 4.74 Å². The van der Waals surface area contributed by atoms with E-state index in [1.807, 2.05) is 0 Å². The van der Waals surface area contributed by atoms with E-state index in [9.17, 15) is 0 Å².